The average molecular weight is 308 g/mol. The number of alkyl halides is 3. The first-order chi connectivity index (χ1) is 9.75. The van der Waals surface area contributed by atoms with Crippen LogP contribution in [0.15, 0.2) is 18.2 Å². The molecule has 1 rings (SSSR count). The van der Waals surface area contributed by atoms with Gasteiger partial charge in [-0.25, -0.2) is 0 Å². The first-order valence-corrected chi connectivity index (χ1v) is 6.02. The molecule has 21 heavy (non-hydrogen) atoms. The third-order valence-electron chi connectivity index (χ3n) is 2.67. The zero-order chi connectivity index (χ0) is 16.0. The molecule has 2 N–H and O–H groups in total. The van der Waals surface area contributed by atoms with Crippen molar-refractivity contribution in [3.63, 3.8) is 0 Å². The maximum absolute atomic E-state index is 12.5. The summed E-state index contributed by atoms with van der Waals surface area (Å²) in [6.45, 7) is 0.271. The molecule has 118 valence electrons. The summed E-state index contributed by atoms with van der Waals surface area (Å²) in [7, 11) is 1.41. The minimum Gasteiger partial charge on any atom is -0.391 e. The summed E-state index contributed by atoms with van der Waals surface area (Å²) < 4.78 is 42.3. The van der Waals surface area contributed by atoms with Crippen LogP contribution < -0.4 is 5.32 Å². The molecule has 0 radical (unpaired) electrons. The number of nitro benzene ring substituents is 1. The van der Waals surface area contributed by atoms with E-state index < -0.39 is 28.5 Å². The van der Waals surface area contributed by atoms with Gasteiger partial charge < -0.3 is 15.2 Å². The Balaban J connectivity index is 2.80. The third kappa shape index (κ3) is 5.20. The maximum atomic E-state index is 12.5. The number of ether oxygens (including phenoxy) is 1. The van der Waals surface area contributed by atoms with Gasteiger partial charge in [-0.3, -0.25) is 10.1 Å². The molecule has 1 aromatic rings. The number of hydrogen-bond donors (Lipinski definition) is 2. The molecular formula is C12H15F3N2O4. The Morgan fingerprint density at radius 2 is 2.14 bits per heavy atom. The number of nitro groups is 1. The minimum atomic E-state index is -4.64. The lowest BCUT2D eigenvalue weighted by molar-refractivity contribution is -0.384. The van der Waals surface area contributed by atoms with Gasteiger partial charge in [0.15, 0.2) is 0 Å². The van der Waals surface area contributed by atoms with Gasteiger partial charge in [-0.1, -0.05) is 0 Å². The lowest BCUT2D eigenvalue weighted by atomic mass is 10.1. The number of methoxy groups -OCH3 is 1. The zero-order valence-corrected chi connectivity index (χ0v) is 11.2. The molecule has 9 heteroatoms. The van der Waals surface area contributed by atoms with E-state index >= 15 is 0 Å². The number of rotatable bonds is 7. The van der Waals surface area contributed by atoms with E-state index in [4.69, 9.17) is 4.74 Å². The van der Waals surface area contributed by atoms with Gasteiger partial charge in [0.2, 0.25) is 0 Å². The summed E-state index contributed by atoms with van der Waals surface area (Å²) in [5.74, 6) is 0. The van der Waals surface area contributed by atoms with Crippen LogP contribution in [-0.2, 0) is 10.9 Å². The molecule has 0 spiro atoms. The van der Waals surface area contributed by atoms with E-state index in [9.17, 15) is 28.4 Å². The van der Waals surface area contributed by atoms with Crippen molar-refractivity contribution in [2.75, 3.05) is 25.6 Å². The second-order valence-corrected chi connectivity index (χ2v) is 4.31. The Labute approximate surface area is 118 Å². The van der Waals surface area contributed by atoms with Crippen LogP contribution in [-0.4, -0.2) is 36.4 Å². The number of nitrogens with one attached hydrogen (secondary N) is 1. The summed E-state index contributed by atoms with van der Waals surface area (Å²) in [6.07, 6.45) is -5.15. The number of benzene rings is 1. The number of nitrogens with zero attached hydrogens (tertiary/aromatic N) is 1. The van der Waals surface area contributed by atoms with Crippen LogP contribution in [0.4, 0.5) is 24.5 Å². The Morgan fingerprint density at radius 3 is 2.67 bits per heavy atom. The van der Waals surface area contributed by atoms with E-state index in [1.54, 1.807) is 0 Å². The second-order valence-electron chi connectivity index (χ2n) is 4.31. The molecule has 0 saturated carbocycles. The van der Waals surface area contributed by atoms with E-state index in [-0.39, 0.29) is 25.3 Å². The van der Waals surface area contributed by atoms with E-state index in [0.717, 1.165) is 12.1 Å². The summed E-state index contributed by atoms with van der Waals surface area (Å²) in [4.78, 5) is 9.94. The van der Waals surface area contributed by atoms with Crippen molar-refractivity contribution in [1.82, 2.24) is 0 Å². The molecule has 0 bridgehead atoms. The molecule has 0 aromatic heterocycles. The van der Waals surface area contributed by atoms with Crippen molar-refractivity contribution in [2.45, 2.75) is 18.7 Å². The Morgan fingerprint density at radius 1 is 1.48 bits per heavy atom. The van der Waals surface area contributed by atoms with Gasteiger partial charge in [-0.2, -0.15) is 13.2 Å². The summed E-state index contributed by atoms with van der Waals surface area (Å²) in [6, 6.07) is 2.25. The third-order valence-corrected chi connectivity index (χ3v) is 2.67. The van der Waals surface area contributed by atoms with Crippen molar-refractivity contribution >= 4 is 11.4 Å². The van der Waals surface area contributed by atoms with Crippen LogP contribution in [0.3, 0.4) is 0 Å². The molecule has 0 saturated heterocycles. The Hall–Kier alpha value is -1.87. The molecule has 0 aliphatic heterocycles. The molecule has 0 amide bonds. The van der Waals surface area contributed by atoms with Crippen LogP contribution in [0.5, 0.6) is 0 Å². The lowest BCUT2D eigenvalue weighted by Gasteiger charge is -2.12. The largest absolute Gasteiger partial charge is 0.416 e. The topological polar surface area (TPSA) is 84.6 Å². The molecule has 0 heterocycles. The normalized spacial score (nSPS) is 13.0. The monoisotopic (exact) mass is 308 g/mol. The van der Waals surface area contributed by atoms with E-state index in [1.807, 2.05) is 0 Å². The maximum Gasteiger partial charge on any atom is 0.416 e. The fraction of sp³-hybridized carbons (Fsp3) is 0.500. The van der Waals surface area contributed by atoms with Crippen LogP contribution in [0.25, 0.3) is 0 Å². The van der Waals surface area contributed by atoms with E-state index in [2.05, 4.69) is 5.32 Å². The van der Waals surface area contributed by atoms with Crippen molar-refractivity contribution < 1.29 is 27.9 Å². The molecule has 0 aliphatic rings. The van der Waals surface area contributed by atoms with Crippen molar-refractivity contribution in [1.29, 1.82) is 0 Å². The van der Waals surface area contributed by atoms with Gasteiger partial charge in [0.1, 0.15) is 5.69 Å². The standard InChI is InChI=1S/C12H15F3N2O4/c1-21-7-9(18)4-5-16-10-3-2-8(12(13,14)15)6-11(10)17(19)20/h2-3,6,9,16,18H,4-5,7H2,1H3. The molecule has 0 aliphatic carbocycles. The van der Waals surface area contributed by atoms with Gasteiger partial charge in [0.05, 0.1) is 23.2 Å². The van der Waals surface area contributed by atoms with Crippen molar-refractivity contribution in [3.8, 4) is 0 Å². The van der Waals surface area contributed by atoms with Gasteiger partial charge in [0.25, 0.3) is 5.69 Å². The lowest BCUT2D eigenvalue weighted by Crippen LogP contribution is -2.18. The first-order valence-electron chi connectivity index (χ1n) is 6.02. The fourth-order valence-electron chi connectivity index (χ4n) is 1.66. The second kappa shape index (κ2) is 7.23. The number of hydrogen-bond acceptors (Lipinski definition) is 5. The molecular weight excluding hydrogens is 293 g/mol. The Bertz CT molecular complexity index is 494. The van der Waals surface area contributed by atoms with Gasteiger partial charge in [0, 0.05) is 19.7 Å². The highest BCUT2D eigenvalue weighted by Gasteiger charge is 2.32. The Kier molecular flexibility index (Phi) is 5.91. The molecule has 1 atom stereocenters. The van der Waals surface area contributed by atoms with Gasteiger partial charge >= 0.3 is 6.18 Å². The predicted molar refractivity (Wildman–Crippen MR) is 69.1 cm³/mol. The molecule has 1 aromatic carbocycles. The SMILES string of the molecule is COCC(O)CCNc1ccc(C(F)(F)F)cc1[N+](=O)[O-]. The predicted octanol–water partition coefficient (Wildman–Crippen LogP) is 2.42. The van der Waals surface area contributed by atoms with Crippen molar-refractivity contribution in [3.05, 3.63) is 33.9 Å². The number of halogens is 3. The highest BCUT2D eigenvalue weighted by molar-refractivity contribution is 5.62. The van der Waals surface area contributed by atoms with E-state index in [0.29, 0.717) is 6.07 Å². The first kappa shape index (κ1) is 17.2. The number of anilines is 1. The average Bonchev–Trinajstić information content (AvgIpc) is 2.37. The van der Waals surface area contributed by atoms with Gasteiger partial charge in [-0.05, 0) is 18.6 Å². The van der Waals surface area contributed by atoms with Crippen LogP contribution in [0.1, 0.15) is 12.0 Å². The fourth-order valence-corrected chi connectivity index (χ4v) is 1.66. The van der Waals surface area contributed by atoms with Crippen LogP contribution in [0.2, 0.25) is 0 Å². The summed E-state index contributed by atoms with van der Waals surface area (Å²) in [5, 5.41) is 22.9. The van der Waals surface area contributed by atoms with Crippen molar-refractivity contribution in [2.24, 2.45) is 0 Å². The van der Waals surface area contributed by atoms with E-state index in [1.165, 1.54) is 7.11 Å². The molecule has 0 fully saturated rings. The highest BCUT2D eigenvalue weighted by Crippen LogP contribution is 2.34. The molecule has 6 nitrogen and oxygen atoms in total. The summed E-state index contributed by atoms with van der Waals surface area (Å²) >= 11 is 0. The summed E-state index contributed by atoms with van der Waals surface area (Å²) in [5.41, 5.74) is -1.78. The highest BCUT2D eigenvalue weighted by atomic mass is 19.4. The number of aliphatic hydroxyl groups excluding tert-OH is 1. The smallest absolute Gasteiger partial charge is 0.391 e. The van der Waals surface area contributed by atoms with Gasteiger partial charge in [-0.15, -0.1) is 0 Å². The van der Waals surface area contributed by atoms with Crippen LogP contribution >= 0.6 is 0 Å². The quantitative estimate of drug-likeness (QED) is 0.597. The molecule has 1 unspecified atom stereocenters. The number of aliphatic hydroxyl groups is 1. The zero-order valence-electron chi connectivity index (χ0n) is 11.2. The van der Waals surface area contributed by atoms with Crippen LogP contribution in [0, 0.1) is 10.1 Å². The minimum absolute atomic E-state index is 0.0300.